The number of hydrogen-bond acceptors (Lipinski definition) is 5. The Kier molecular flexibility index (Phi) is 4.29. The first kappa shape index (κ1) is 14.5. The minimum absolute atomic E-state index is 0.259. The van der Waals surface area contributed by atoms with Gasteiger partial charge in [-0.2, -0.15) is 5.10 Å². The lowest BCUT2D eigenvalue weighted by Gasteiger charge is -2.11. The molecule has 0 aliphatic heterocycles. The standard InChI is InChI=1S/C16H19N5O/c1-12-4-6-14(7-5-12)16-20-19-15(22-16)10-17-13(2)11-21-9-3-8-18-21/h3-9,13,17H,10-11H2,1-2H3/t13-/m1/s1. The second-order valence-corrected chi connectivity index (χ2v) is 5.38. The first-order valence-electron chi connectivity index (χ1n) is 7.31. The van der Waals surface area contributed by atoms with Crippen molar-refractivity contribution in [1.82, 2.24) is 25.3 Å². The lowest BCUT2D eigenvalue weighted by molar-refractivity contribution is 0.411. The van der Waals surface area contributed by atoms with Crippen LogP contribution in [0.3, 0.4) is 0 Å². The topological polar surface area (TPSA) is 68.8 Å². The molecule has 1 N–H and O–H groups in total. The van der Waals surface area contributed by atoms with E-state index in [0.717, 1.165) is 12.1 Å². The van der Waals surface area contributed by atoms with Crippen LogP contribution in [0.4, 0.5) is 0 Å². The van der Waals surface area contributed by atoms with E-state index in [0.29, 0.717) is 18.3 Å². The van der Waals surface area contributed by atoms with Gasteiger partial charge in [0.05, 0.1) is 13.1 Å². The van der Waals surface area contributed by atoms with Crippen molar-refractivity contribution in [3.05, 3.63) is 54.2 Å². The van der Waals surface area contributed by atoms with Crippen LogP contribution in [0.2, 0.25) is 0 Å². The van der Waals surface area contributed by atoms with Crippen molar-refractivity contribution in [2.24, 2.45) is 0 Å². The van der Waals surface area contributed by atoms with Crippen molar-refractivity contribution in [2.45, 2.75) is 33.0 Å². The second-order valence-electron chi connectivity index (χ2n) is 5.38. The number of aromatic nitrogens is 4. The molecule has 1 aromatic carbocycles. The zero-order valence-corrected chi connectivity index (χ0v) is 12.7. The maximum Gasteiger partial charge on any atom is 0.247 e. The van der Waals surface area contributed by atoms with Gasteiger partial charge >= 0.3 is 0 Å². The molecule has 2 aromatic heterocycles. The van der Waals surface area contributed by atoms with Gasteiger partial charge in [0.2, 0.25) is 11.8 Å². The van der Waals surface area contributed by atoms with Gasteiger partial charge in [0, 0.05) is 24.0 Å². The molecule has 0 amide bonds. The Morgan fingerprint density at radius 3 is 2.77 bits per heavy atom. The number of nitrogens with one attached hydrogen (secondary N) is 1. The Bertz CT molecular complexity index is 702. The van der Waals surface area contributed by atoms with E-state index < -0.39 is 0 Å². The Hall–Kier alpha value is -2.47. The molecule has 0 spiro atoms. The first-order chi connectivity index (χ1) is 10.7. The lowest BCUT2D eigenvalue weighted by Crippen LogP contribution is -2.30. The highest BCUT2D eigenvalue weighted by molar-refractivity contribution is 5.52. The fourth-order valence-corrected chi connectivity index (χ4v) is 2.15. The quantitative estimate of drug-likeness (QED) is 0.756. The number of aryl methyl sites for hydroxylation is 1. The van der Waals surface area contributed by atoms with Gasteiger partial charge in [-0.25, -0.2) is 0 Å². The van der Waals surface area contributed by atoms with Crippen LogP contribution in [0.1, 0.15) is 18.4 Å². The van der Waals surface area contributed by atoms with Crippen molar-refractivity contribution in [2.75, 3.05) is 0 Å². The largest absolute Gasteiger partial charge is 0.419 e. The molecule has 3 rings (SSSR count). The normalized spacial score (nSPS) is 12.5. The Morgan fingerprint density at radius 1 is 1.23 bits per heavy atom. The lowest BCUT2D eigenvalue weighted by atomic mass is 10.1. The monoisotopic (exact) mass is 297 g/mol. The Morgan fingerprint density at radius 2 is 2.05 bits per heavy atom. The van der Waals surface area contributed by atoms with Crippen LogP contribution in [-0.4, -0.2) is 26.0 Å². The molecular weight excluding hydrogens is 278 g/mol. The Balaban J connectivity index is 1.56. The van der Waals surface area contributed by atoms with Gasteiger partial charge in [0.15, 0.2) is 0 Å². The zero-order chi connectivity index (χ0) is 15.4. The number of hydrogen-bond donors (Lipinski definition) is 1. The fourth-order valence-electron chi connectivity index (χ4n) is 2.15. The molecule has 0 saturated carbocycles. The predicted octanol–water partition coefficient (Wildman–Crippen LogP) is 2.42. The van der Waals surface area contributed by atoms with Crippen LogP contribution in [0.5, 0.6) is 0 Å². The summed E-state index contributed by atoms with van der Waals surface area (Å²) < 4.78 is 7.58. The van der Waals surface area contributed by atoms with E-state index in [1.54, 1.807) is 6.20 Å². The molecular formula is C16H19N5O. The van der Waals surface area contributed by atoms with Crippen LogP contribution >= 0.6 is 0 Å². The van der Waals surface area contributed by atoms with Gasteiger partial charge in [0.25, 0.3) is 0 Å². The summed E-state index contributed by atoms with van der Waals surface area (Å²) in [7, 11) is 0. The van der Waals surface area contributed by atoms with E-state index in [9.17, 15) is 0 Å². The molecule has 2 heterocycles. The van der Waals surface area contributed by atoms with Crippen LogP contribution in [-0.2, 0) is 13.1 Å². The number of rotatable bonds is 6. The molecule has 114 valence electrons. The molecule has 6 nitrogen and oxygen atoms in total. The van der Waals surface area contributed by atoms with Gasteiger partial charge in [-0.3, -0.25) is 4.68 Å². The molecule has 0 aliphatic rings. The second kappa shape index (κ2) is 6.53. The maximum absolute atomic E-state index is 5.69. The first-order valence-corrected chi connectivity index (χ1v) is 7.31. The summed E-state index contributed by atoms with van der Waals surface area (Å²) in [5.74, 6) is 1.14. The summed E-state index contributed by atoms with van der Waals surface area (Å²) in [5, 5.41) is 15.7. The molecule has 6 heteroatoms. The molecule has 1 atom stereocenters. The summed E-state index contributed by atoms with van der Waals surface area (Å²) in [6, 6.07) is 10.2. The average molecular weight is 297 g/mol. The van der Waals surface area contributed by atoms with Crippen LogP contribution < -0.4 is 5.32 Å². The average Bonchev–Trinajstić information content (AvgIpc) is 3.17. The summed E-state index contributed by atoms with van der Waals surface area (Å²) in [6.07, 6.45) is 3.72. The van der Waals surface area contributed by atoms with Crippen LogP contribution in [0.25, 0.3) is 11.5 Å². The Labute approximate surface area is 129 Å². The fraction of sp³-hybridized carbons (Fsp3) is 0.312. The number of benzene rings is 1. The van der Waals surface area contributed by atoms with Gasteiger partial charge in [-0.1, -0.05) is 17.7 Å². The predicted molar refractivity (Wildman–Crippen MR) is 83.0 cm³/mol. The van der Waals surface area contributed by atoms with E-state index in [1.807, 2.05) is 48.1 Å². The summed E-state index contributed by atoms with van der Waals surface area (Å²) >= 11 is 0. The molecule has 0 unspecified atom stereocenters. The highest BCUT2D eigenvalue weighted by atomic mass is 16.4. The van der Waals surface area contributed by atoms with Gasteiger partial charge in [-0.05, 0) is 32.0 Å². The van der Waals surface area contributed by atoms with E-state index in [1.165, 1.54) is 5.56 Å². The minimum Gasteiger partial charge on any atom is -0.419 e. The smallest absolute Gasteiger partial charge is 0.247 e. The molecule has 0 bridgehead atoms. The van der Waals surface area contributed by atoms with Crippen molar-refractivity contribution < 1.29 is 4.42 Å². The van der Waals surface area contributed by atoms with Crippen molar-refractivity contribution in [3.8, 4) is 11.5 Å². The third-order valence-corrected chi connectivity index (χ3v) is 3.39. The van der Waals surface area contributed by atoms with Crippen molar-refractivity contribution in [3.63, 3.8) is 0 Å². The SMILES string of the molecule is Cc1ccc(-c2nnc(CN[C@H](C)Cn3cccn3)o2)cc1. The van der Waals surface area contributed by atoms with E-state index in [2.05, 4.69) is 27.5 Å². The summed E-state index contributed by atoms with van der Waals surface area (Å²) in [6.45, 7) is 5.49. The highest BCUT2D eigenvalue weighted by Crippen LogP contribution is 2.18. The third-order valence-electron chi connectivity index (χ3n) is 3.39. The molecule has 0 saturated heterocycles. The maximum atomic E-state index is 5.69. The molecule has 22 heavy (non-hydrogen) atoms. The minimum atomic E-state index is 0.259. The van der Waals surface area contributed by atoms with E-state index >= 15 is 0 Å². The van der Waals surface area contributed by atoms with Gasteiger partial charge in [0.1, 0.15) is 0 Å². The van der Waals surface area contributed by atoms with E-state index in [-0.39, 0.29) is 6.04 Å². The summed E-state index contributed by atoms with van der Waals surface area (Å²) in [4.78, 5) is 0. The highest BCUT2D eigenvalue weighted by Gasteiger charge is 2.10. The molecule has 0 fully saturated rings. The molecule has 0 aliphatic carbocycles. The number of nitrogens with zero attached hydrogens (tertiary/aromatic N) is 4. The van der Waals surface area contributed by atoms with E-state index in [4.69, 9.17) is 4.42 Å². The van der Waals surface area contributed by atoms with Crippen LogP contribution in [0, 0.1) is 6.92 Å². The summed E-state index contributed by atoms with van der Waals surface area (Å²) in [5.41, 5.74) is 2.14. The van der Waals surface area contributed by atoms with Crippen molar-refractivity contribution >= 4 is 0 Å². The van der Waals surface area contributed by atoms with Gasteiger partial charge in [-0.15, -0.1) is 10.2 Å². The van der Waals surface area contributed by atoms with Crippen molar-refractivity contribution in [1.29, 1.82) is 0 Å². The van der Waals surface area contributed by atoms with Crippen LogP contribution in [0.15, 0.2) is 47.1 Å². The molecule has 0 radical (unpaired) electrons. The third kappa shape index (κ3) is 3.59. The van der Waals surface area contributed by atoms with Gasteiger partial charge < -0.3 is 9.73 Å². The zero-order valence-electron chi connectivity index (χ0n) is 12.7. The molecule has 3 aromatic rings.